The van der Waals surface area contributed by atoms with Crippen molar-refractivity contribution in [3.63, 3.8) is 0 Å². The van der Waals surface area contributed by atoms with E-state index in [-0.39, 0.29) is 6.04 Å². The molecule has 0 radical (unpaired) electrons. The summed E-state index contributed by atoms with van der Waals surface area (Å²) in [6.07, 6.45) is 1.04. The maximum atomic E-state index is 5.55. The van der Waals surface area contributed by atoms with Crippen LogP contribution in [-0.2, 0) is 0 Å². The Bertz CT molecular complexity index is 286. The molecule has 0 amide bonds. The van der Waals surface area contributed by atoms with Crippen molar-refractivity contribution in [2.45, 2.75) is 26.3 Å². The molecular formula is C11H17BrN2. The second-order valence-corrected chi connectivity index (χ2v) is 4.72. The minimum absolute atomic E-state index is 0.227. The first kappa shape index (κ1) is 11.7. The molecule has 0 fully saturated rings. The molecule has 0 aliphatic carbocycles. The second-order valence-electron chi connectivity index (χ2n) is 3.87. The van der Waals surface area contributed by atoms with Crippen LogP contribution < -0.4 is 11.3 Å². The minimum atomic E-state index is 0.227. The highest BCUT2D eigenvalue weighted by molar-refractivity contribution is 9.10. The summed E-state index contributed by atoms with van der Waals surface area (Å²) in [6, 6.07) is 8.41. The van der Waals surface area contributed by atoms with Crippen molar-refractivity contribution in [3.8, 4) is 0 Å². The van der Waals surface area contributed by atoms with Crippen LogP contribution in [0.25, 0.3) is 0 Å². The Labute approximate surface area is 94.0 Å². The topological polar surface area (TPSA) is 38.0 Å². The van der Waals surface area contributed by atoms with Gasteiger partial charge in [0.15, 0.2) is 0 Å². The first-order valence-electron chi connectivity index (χ1n) is 4.85. The number of hydrogen-bond donors (Lipinski definition) is 2. The van der Waals surface area contributed by atoms with Gasteiger partial charge in [-0.25, -0.2) is 0 Å². The summed E-state index contributed by atoms with van der Waals surface area (Å²) in [5, 5.41) is 0. The fraction of sp³-hybridized carbons (Fsp3) is 0.455. The largest absolute Gasteiger partial charge is 0.271 e. The van der Waals surface area contributed by atoms with E-state index in [9.17, 15) is 0 Å². The van der Waals surface area contributed by atoms with Crippen LogP contribution in [0, 0.1) is 5.92 Å². The van der Waals surface area contributed by atoms with E-state index < -0.39 is 0 Å². The SMILES string of the molecule is CC(C)CC(NN)c1ccccc1Br. The van der Waals surface area contributed by atoms with Crippen molar-refractivity contribution < 1.29 is 0 Å². The molecule has 1 aromatic carbocycles. The molecule has 1 atom stereocenters. The van der Waals surface area contributed by atoms with E-state index in [0.717, 1.165) is 10.9 Å². The molecule has 0 saturated heterocycles. The molecule has 0 heterocycles. The van der Waals surface area contributed by atoms with Crippen molar-refractivity contribution in [2.75, 3.05) is 0 Å². The summed E-state index contributed by atoms with van der Waals surface area (Å²) in [7, 11) is 0. The zero-order chi connectivity index (χ0) is 10.6. The monoisotopic (exact) mass is 256 g/mol. The molecule has 1 rings (SSSR count). The normalized spacial score (nSPS) is 13.2. The number of halogens is 1. The van der Waals surface area contributed by atoms with Crippen LogP contribution in [0.4, 0.5) is 0 Å². The molecule has 1 aromatic rings. The zero-order valence-electron chi connectivity index (χ0n) is 8.63. The molecule has 0 spiro atoms. The summed E-state index contributed by atoms with van der Waals surface area (Å²) in [4.78, 5) is 0. The summed E-state index contributed by atoms with van der Waals surface area (Å²) < 4.78 is 1.11. The Morgan fingerprint density at radius 2 is 2.00 bits per heavy atom. The molecule has 0 aromatic heterocycles. The van der Waals surface area contributed by atoms with Crippen LogP contribution in [0.5, 0.6) is 0 Å². The predicted octanol–water partition coefficient (Wildman–Crippen LogP) is 3.00. The van der Waals surface area contributed by atoms with Gasteiger partial charge in [-0.05, 0) is 24.0 Å². The minimum Gasteiger partial charge on any atom is -0.271 e. The van der Waals surface area contributed by atoms with Crippen LogP contribution in [0.15, 0.2) is 28.7 Å². The highest BCUT2D eigenvalue weighted by Crippen LogP contribution is 2.26. The molecule has 0 saturated carbocycles. The van der Waals surface area contributed by atoms with Gasteiger partial charge < -0.3 is 0 Å². The number of hydrogen-bond acceptors (Lipinski definition) is 2. The molecule has 3 heteroatoms. The summed E-state index contributed by atoms with van der Waals surface area (Å²) in [6.45, 7) is 4.39. The Morgan fingerprint density at radius 3 is 2.50 bits per heavy atom. The van der Waals surface area contributed by atoms with Gasteiger partial charge in [-0.1, -0.05) is 48.0 Å². The summed E-state index contributed by atoms with van der Waals surface area (Å²) in [5.74, 6) is 6.18. The molecule has 1 unspecified atom stereocenters. The van der Waals surface area contributed by atoms with E-state index in [2.05, 4.69) is 41.3 Å². The van der Waals surface area contributed by atoms with Gasteiger partial charge in [-0.3, -0.25) is 11.3 Å². The van der Waals surface area contributed by atoms with Crippen LogP contribution >= 0.6 is 15.9 Å². The molecular weight excluding hydrogens is 240 g/mol. The van der Waals surface area contributed by atoms with Crippen molar-refractivity contribution in [2.24, 2.45) is 11.8 Å². The second kappa shape index (κ2) is 5.49. The lowest BCUT2D eigenvalue weighted by Crippen LogP contribution is -2.29. The Kier molecular flexibility index (Phi) is 4.58. The van der Waals surface area contributed by atoms with Crippen molar-refractivity contribution in [3.05, 3.63) is 34.3 Å². The lowest BCUT2D eigenvalue weighted by Gasteiger charge is -2.19. The molecule has 78 valence electrons. The summed E-state index contributed by atoms with van der Waals surface area (Å²) in [5.41, 5.74) is 4.09. The number of nitrogens with one attached hydrogen (secondary N) is 1. The van der Waals surface area contributed by atoms with Crippen molar-refractivity contribution in [1.29, 1.82) is 0 Å². The quantitative estimate of drug-likeness (QED) is 0.642. The van der Waals surface area contributed by atoms with Gasteiger partial charge in [0, 0.05) is 10.5 Å². The Balaban J connectivity index is 2.83. The van der Waals surface area contributed by atoms with Crippen molar-refractivity contribution >= 4 is 15.9 Å². The maximum Gasteiger partial charge on any atom is 0.0473 e. The van der Waals surface area contributed by atoms with Gasteiger partial charge in [-0.2, -0.15) is 0 Å². The zero-order valence-corrected chi connectivity index (χ0v) is 10.2. The standard InChI is InChI=1S/C11H17BrN2/c1-8(2)7-11(14-13)9-5-3-4-6-10(9)12/h3-6,8,11,14H,7,13H2,1-2H3. The number of hydrazine groups is 1. The van der Waals surface area contributed by atoms with E-state index in [1.54, 1.807) is 0 Å². The fourth-order valence-corrected chi connectivity index (χ4v) is 2.07. The molecule has 0 aliphatic heterocycles. The molecule has 2 nitrogen and oxygen atoms in total. The van der Waals surface area contributed by atoms with Crippen LogP contribution in [0.1, 0.15) is 31.9 Å². The molecule has 14 heavy (non-hydrogen) atoms. The maximum absolute atomic E-state index is 5.55. The first-order valence-corrected chi connectivity index (χ1v) is 5.65. The van der Waals surface area contributed by atoms with E-state index in [0.29, 0.717) is 5.92 Å². The lowest BCUT2D eigenvalue weighted by molar-refractivity contribution is 0.437. The number of benzene rings is 1. The Morgan fingerprint density at radius 1 is 1.36 bits per heavy atom. The average Bonchev–Trinajstić information content (AvgIpc) is 2.15. The van der Waals surface area contributed by atoms with Crippen molar-refractivity contribution in [1.82, 2.24) is 5.43 Å². The third-order valence-corrected chi connectivity index (χ3v) is 2.91. The number of rotatable bonds is 4. The van der Waals surface area contributed by atoms with Crippen LogP contribution in [-0.4, -0.2) is 0 Å². The van der Waals surface area contributed by atoms with E-state index >= 15 is 0 Å². The smallest absolute Gasteiger partial charge is 0.0473 e. The third kappa shape index (κ3) is 3.08. The molecule has 0 bridgehead atoms. The van der Waals surface area contributed by atoms with Gasteiger partial charge in [0.05, 0.1) is 0 Å². The first-order chi connectivity index (χ1) is 6.65. The highest BCUT2D eigenvalue weighted by atomic mass is 79.9. The van der Waals surface area contributed by atoms with E-state index in [1.807, 2.05) is 18.2 Å². The molecule has 0 aliphatic rings. The Hall–Kier alpha value is -0.380. The predicted molar refractivity (Wildman–Crippen MR) is 63.7 cm³/mol. The third-order valence-electron chi connectivity index (χ3n) is 2.19. The molecule has 3 N–H and O–H groups in total. The average molecular weight is 257 g/mol. The van der Waals surface area contributed by atoms with Gasteiger partial charge in [0.2, 0.25) is 0 Å². The van der Waals surface area contributed by atoms with Crippen LogP contribution in [0.2, 0.25) is 0 Å². The number of nitrogens with two attached hydrogens (primary N) is 1. The van der Waals surface area contributed by atoms with Crippen LogP contribution in [0.3, 0.4) is 0 Å². The summed E-state index contributed by atoms with van der Waals surface area (Å²) >= 11 is 3.53. The fourth-order valence-electron chi connectivity index (χ4n) is 1.51. The van der Waals surface area contributed by atoms with E-state index in [4.69, 9.17) is 5.84 Å². The van der Waals surface area contributed by atoms with Gasteiger partial charge in [0.25, 0.3) is 0 Å². The van der Waals surface area contributed by atoms with Gasteiger partial charge in [0.1, 0.15) is 0 Å². The van der Waals surface area contributed by atoms with Gasteiger partial charge >= 0.3 is 0 Å². The lowest BCUT2D eigenvalue weighted by atomic mass is 9.98. The van der Waals surface area contributed by atoms with E-state index in [1.165, 1.54) is 5.56 Å². The van der Waals surface area contributed by atoms with Gasteiger partial charge in [-0.15, -0.1) is 0 Å². The highest BCUT2D eigenvalue weighted by Gasteiger charge is 2.13.